The van der Waals surface area contributed by atoms with Crippen molar-refractivity contribution in [3.8, 4) is 0 Å². The molecule has 0 atom stereocenters. The summed E-state index contributed by atoms with van der Waals surface area (Å²) >= 11 is 0. The number of halogens is 3. The zero-order valence-electron chi connectivity index (χ0n) is 16.0. The van der Waals surface area contributed by atoms with E-state index in [2.05, 4.69) is 25.6 Å². The number of rotatable bonds is 4. The minimum absolute atomic E-state index is 0.0298. The van der Waals surface area contributed by atoms with Crippen molar-refractivity contribution >= 4 is 28.2 Å². The molecule has 4 rings (SSSR count). The average Bonchev–Trinajstić information content (AvgIpc) is 2.69. The number of nitrogens with one attached hydrogen (secondary N) is 3. The van der Waals surface area contributed by atoms with Crippen LogP contribution in [-0.2, 0) is 6.18 Å². The number of aromatic amines is 1. The van der Waals surface area contributed by atoms with Crippen LogP contribution >= 0.6 is 0 Å². The molecule has 5 N–H and O–H groups in total. The van der Waals surface area contributed by atoms with Crippen LogP contribution in [0.4, 0.5) is 30.6 Å². The summed E-state index contributed by atoms with van der Waals surface area (Å²) in [5.74, 6) is -0.222. The zero-order chi connectivity index (χ0) is 21.3. The molecule has 1 fully saturated rings. The van der Waals surface area contributed by atoms with E-state index in [1.165, 1.54) is 6.20 Å². The molecule has 158 valence electrons. The zero-order valence-corrected chi connectivity index (χ0v) is 16.0. The number of benzene rings is 1. The summed E-state index contributed by atoms with van der Waals surface area (Å²) < 4.78 is 40.3. The number of hydrogen-bond acceptors (Lipinski definition) is 6. The van der Waals surface area contributed by atoms with Gasteiger partial charge in [0.25, 0.3) is 5.56 Å². The topological polar surface area (TPSA) is 109 Å². The molecular formula is C20H21F3N6O. The number of pyridine rings is 1. The molecule has 0 saturated heterocycles. The molecule has 2 aromatic heterocycles. The Bertz CT molecular complexity index is 1110. The lowest BCUT2D eigenvalue weighted by molar-refractivity contribution is -0.137. The number of nitrogens with zero attached hydrogens (tertiary/aromatic N) is 2. The summed E-state index contributed by atoms with van der Waals surface area (Å²) in [6.45, 7) is 0. The Morgan fingerprint density at radius 3 is 2.63 bits per heavy atom. The molecule has 0 unspecified atom stereocenters. The first kappa shape index (κ1) is 20.1. The van der Waals surface area contributed by atoms with E-state index in [9.17, 15) is 18.0 Å². The number of hydrogen-bond donors (Lipinski definition) is 4. The Hall–Kier alpha value is -3.14. The second-order valence-corrected chi connectivity index (χ2v) is 7.44. The van der Waals surface area contributed by atoms with Crippen LogP contribution in [0, 0.1) is 0 Å². The summed E-state index contributed by atoms with van der Waals surface area (Å²) in [5.41, 5.74) is 5.31. The van der Waals surface area contributed by atoms with Gasteiger partial charge in [-0.3, -0.25) is 4.79 Å². The minimum atomic E-state index is -4.57. The number of fused-ring (bicyclic) bond motifs is 1. The summed E-state index contributed by atoms with van der Waals surface area (Å²) in [4.78, 5) is 22.3. The van der Waals surface area contributed by atoms with E-state index in [-0.39, 0.29) is 29.4 Å². The second-order valence-electron chi connectivity index (χ2n) is 7.44. The highest BCUT2D eigenvalue weighted by molar-refractivity contribution is 5.85. The second kappa shape index (κ2) is 7.94. The molecule has 1 aliphatic rings. The maximum Gasteiger partial charge on any atom is 0.421 e. The van der Waals surface area contributed by atoms with Crippen LogP contribution in [0.2, 0.25) is 0 Å². The molecule has 1 aromatic carbocycles. The van der Waals surface area contributed by atoms with Crippen LogP contribution in [0.15, 0.2) is 41.5 Å². The Kier molecular flexibility index (Phi) is 5.33. The number of anilines is 3. The first-order valence-corrected chi connectivity index (χ1v) is 9.64. The van der Waals surface area contributed by atoms with Gasteiger partial charge in [0.1, 0.15) is 11.4 Å². The van der Waals surface area contributed by atoms with Crippen LogP contribution in [0.3, 0.4) is 0 Å². The van der Waals surface area contributed by atoms with E-state index >= 15 is 0 Å². The summed E-state index contributed by atoms with van der Waals surface area (Å²) in [5, 5.41) is 7.04. The Morgan fingerprint density at radius 2 is 1.90 bits per heavy atom. The average molecular weight is 418 g/mol. The first-order chi connectivity index (χ1) is 14.3. The van der Waals surface area contributed by atoms with Gasteiger partial charge in [-0.25, -0.2) is 4.98 Å². The third kappa shape index (κ3) is 4.38. The maximum absolute atomic E-state index is 13.4. The lowest BCUT2D eigenvalue weighted by Crippen LogP contribution is -2.33. The minimum Gasteiger partial charge on any atom is -0.367 e. The predicted molar refractivity (Wildman–Crippen MR) is 109 cm³/mol. The van der Waals surface area contributed by atoms with Crippen molar-refractivity contribution < 1.29 is 13.2 Å². The normalized spacial score (nSPS) is 19.6. The fourth-order valence-corrected chi connectivity index (χ4v) is 3.62. The van der Waals surface area contributed by atoms with Crippen molar-refractivity contribution in [3.05, 3.63) is 52.6 Å². The number of aromatic nitrogens is 3. The van der Waals surface area contributed by atoms with Gasteiger partial charge >= 0.3 is 6.18 Å². The highest BCUT2D eigenvalue weighted by Crippen LogP contribution is 2.35. The van der Waals surface area contributed by atoms with Crippen molar-refractivity contribution in [2.75, 3.05) is 10.6 Å². The van der Waals surface area contributed by atoms with Crippen molar-refractivity contribution in [1.82, 2.24) is 15.0 Å². The summed E-state index contributed by atoms with van der Waals surface area (Å²) in [7, 11) is 0. The molecule has 0 spiro atoms. The quantitative estimate of drug-likeness (QED) is 0.514. The van der Waals surface area contributed by atoms with Crippen LogP contribution in [0.25, 0.3) is 10.8 Å². The van der Waals surface area contributed by atoms with E-state index in [0.29, 0.717) is 29.3 Å². The molecule has 0 amide bonds. The molecule has 1 aliphatic carbocycles. The predicted octanol–water partition coefficient (Wildman–Crippen LogP) is 3.76. The molecule has 0 aliphatic heterocycles. The SMILES string of the molecule is N[C@H]1CC[C@@H](Nc2nc(Nc3ccc4c(=O)[nH]ccc4c3)ncc2C(F)(F)F)CC1. The fourth-order valence-electron chi connectivity index (χ4n) is 3.62. The van der Waals surface area contributed by atoms with Gasteiger partial charge in [0.05, 0.1) is 0 Å². The van der Waals surface area contributed by atoms with Gasteiger partial charge in [-0.1, -0.05) is 0 Å². The van der Waals surface area contributed by atoms with E-state index in [1.54, 1.807) is 24.3 Å². The Labute approximate surface area is 169 Å². The van der Waals surface area contributed by atoms with E-state index in [0.717, 1.165) is 19.0 Å². The molecule has 3 aromatic rings. The first-order valence-electron chi connectivity index (χ1n) is 9.64. The van der Waals surface area contributed by atoms with Gasteiger partial charge in [-0.05, 0) is 55.3 Å². The van der Waals surface area contributed by atoms with E-state index in [4.69, 9.17) is 5.73 Å². The number of H-pyrrole nitrogens is 1. The van der Waals surface area contributed by atoms with Gasteiger partial charge in [-0.2, -0.15) is 18.2 Å². The van der Waals surface area contributed by atoms with Gasteiger partial charge < -0.3 is 21.4 Å². The molecular weight excluding hydrogens is 397 g/mol. The summed E-state index contributed by atoms with van der Waals surface area (Å²) in [6, 6.07) is 6.69. The molecule has 10 heteroatoms. The molecule has 1 saturated carbocycles. The van der Waals surface area contributed by atoms with Crippen LogP contribution < -0.4 is 21.9 Å². The molecule has 0 bridgehead atoms. The Balaban J connectivity index is 1.61. The monoisotopic (exact) mass is 418 g/mol. The lowest BCUT2D eigenvalue weighted by atomic mass is 9.92. The van der Waals surface area contributed by atoms with E-state index < -0.39 is 11.7 Å². The van der Waals surface area contributed by atoms with Crippen LogP contribution in [0.5, 0.6) is 0 Å². The smallest absolute Gasteiger partial charge is 0.367 e. The van der Waals surface area contributed by atoms with Crippen LogP contribution in [-0.4, -0.2) is 27.0 Å². The molecule has 7 nitrogen and oxygen atoms in total. The van der Waals surface area contributed by atoms with Gasteiger partial charge in [0, 0.05) is 35.6 Å². The van der Waals surface area contributed by atoms with Gasteiger partial charge in [0.2, 0.25) is 5.95 Å². The highest BCUT2D eigenvalue weighted by Gasteiger charge is 2.36. The van der Waals surface area contributed by atoms with Crippen LogP contribution in [0.1, 0.15) is 31.2 Å². The number of alkyl halides is 3. The highest BCUT2D eigenvalue weighted by atomic mass is 19.4. The maximum atomic E-state index is 13.4. The van der Waals surface area contributed by atoms with E-state index in [1.807, 2.05) is 0 Å². The van der Waals surface area contributed by atoms with Crippen molar-refractivity contribution in [2.45, 2.75) is 43.9 Å². The molecule has 0 radical (unpaired) electrons. The van der Waals surface area contributed by atoms with Gasteiger partial charge in [0.15, 0.2) is 0 Å². The summed E-state index contributed by atoms with van der Waals surface area (Å²) in [6.07, 6.45) is 0.612. The van der Waals surface area contributed by atoms with Crippen molar-refractivity contribution in [1.29, 1.82) is 0 Å². The lowest BCUT2D eigenvalue weighted by Gasteiger charge is -2.28. The largest absolute Gasteiger partial charge is 0.421 e. The standard InChI is InChI=1S/C20H21F3N6O/c21-20(22,23)16-10-26-19(29-17(16)27-13-3-1-12(24)2-4-13)28-14-5-6-15-11(9-14)7-8-25-18(15)30/h5-10,12-13H,1-4,24H2,(H,25,30)(H2,26,27,28,29)/t12-,13+. The van der Waals surface area contributed by atoms with Crippen molar-refractivity contribution in [3.63, 3.8) is 0 Å². The fraction of sp³-hybridized carbons (Fsp3) is 0.350. The Morgan fingerprint density at radius 1 is 1.13 bits per heavy atom. The third-order valence-corrected chi connectivity index (χ3v) is 5.24. The van der Waals surface area contributed by atoms with Crippen molar-refractivity contribution in [2.24, 2.45) is 5.73 Å². The number of nitrogens with two attached hydrogens (primary N) is 1. The molecule has 2 heterocycles. The third-order valence-electron chi connectivity index (χ3n) is 5.24. The molecule has 30 heavy (non-hydrogen) atoms. The van der Waals surface area contributed by atoms with Gasteiger partial charge in [-0.15, -0.1) is 0 Å².